The van der Waals surface area contributed by atoms with Gasteiger partial charge in [-0.15, -0.1) is 0 Å². The third-order valence-electron chi connectivity index (χ3n) is 2.01. The second kappa shape index (κ2) is 2.92. The molecular weight excluding hydrogens is 148 g/mol. The highest BCUT2D eigenvalue weighted by atomic mass is 15.1. The van der Waals surface area contributed by atoms with Crippen LogP contribution >= 0.6 is 0 Å². The Morgan fingerprint density at radius 3 is 2.33 bits per heavy atom. The third kappa shape index (κ3) is 2.10. The summed E-state index contributed by atoms with van der Waals surface area (Å²) >= 11 is 0. The fourth-order valence-electron chi connectivity index (χ4n) is 1.18. The van der Waals surface area contributed by atoms with E-state index in [9.17, 15) is 0 Å². The van der Waals surface area contributed by atoms with Crippen LogP contribution < -0.4 is 0 Å². The van der Waals surface area contributed by atoms with Gasteiger partial charge in [-0.1, -0.05) is 20.8 Å². The van der Waals surface area contributed by atoms with Crippen LogP contribution in [0.4, 0.5) is 0 Å². The van der Waals surface area contributed by atoms with Gasteiger partial charge in [-0.3, -0.25) is 0 Å². The molecule has 0 atom stereocenters. The summed E-state index contributed by atoms with van der Waals surface area (Å²) in [6.45, 7) is 8.78. The van der Waals surface area contributed by atoms with Crippen molar-refractivity contribution in [3.8, 4) is 0 Å². The Balaban J connectivity index is 2.83. The Labute approximate surface area is 74.6 Å². The molecule has 0 aliphatic carbocycles. The first-order valence-corrected chi connectivity index (χ1v) is 4.37. The molecule has 0 radical (unpaired) electrons. The molecule has 0 N–H and O–H groups in total. The Kier molecular flexibility index (Phi) is 2.27. The minimum absolute atomic E-state index is 0.325. The van der Waals surface area contributed by atoms with Gasteiger partial charge < -0.3 is 4.57 Å². The van der Waals surface area contributed by atoms with E-state index >= 15 is 0 Å². The van der Waals surface area contributed by atoms with E-state index in [-0.39, 0.29) is 0 Å². The molecule has 2 nitrogen and oxygen atoms in total. The fourth-order valence-corrected chi connectivity index (χ4v) is 1.18. The van der Waals surface area contributed by atoms with E-state index in [1.807, 2.05) is 6.20 Å². The average Bonchev–Trinajstić information content (AvgIpc) is 2.16. The van der Waals surface area contributed by atoms with Crippen molar-refractivity contribution in [2.24, 2.45) is 12.5 Å². The maximum absolute atomic E-state index is 4.36. The Morgan fingerprint density at radius 1 is 1.42 bits per heavy atom. The monoisotopic (exact) mass is 166 g/mol. The molecule has 0 aromatic carbocycles. The van der Waals surface area contributed by atoms with Crippen molar-refractivity contribution in [2.75, 3.05) is 0 Å². The van der Waals surface area contributed by atoms with Crippen molar-refractivity contribution in [3.05, 3.63) is 17.7 Å². The zero-order valence-corrected chi connectivity index (χ0v) is 8.68. The van der Waals surface area contributed by atoms with Crippen LogP contribution in [-0.4, -0.2) is 9.55 Å². The van der Waals surface area contributed by atoms with Gasteiger partial charge in [-0.05, 0) is 12.3 Å². The van der Waals surface area contributed by atoms with Crippen LogP contribution in [0.1, 0.15) is 32.3 Å². The molecule has 1 aromatic heterocycles. The smallest absolute Gasteiger partial charge is 0.109 e. The second-order valence-corrected chi connectivity index (χ2v) is 4.61. The normalized spacial score (nSPS) is 12.1. The van der Waals surface area contributed by atoms with E-state index < -0.39 is 0 Å². The quantitative estimate of drug-likeness (QED) is 0.626. The molecule has 0 saturated carbocycles. The number of hydrogen-bond donors (Lipinski definition) is 0. The Morgan fingerprint density at radius 2 is 2.00 bits per heavy atom. The van der Waals surface area contributed by atoms with Crippen molar-refractivity contribution >= 4 is 0 Å². The molecule has 1 rings (SSSR count). The largest absolute Gasteiger partial charge is 0.335 e. The van der Waals surface area contributed by atoms with Crippen molar-refractivity contribution < 1.29 is 0 Å². The zero-order chi connectivity index (χ0) is 9.35. The van der Waals surface area contributed by atoms with Crippen molar-refractivity contribution in [1.29, 1.82) is 0 Å². The van der Waals surface area contributed by atoms with Crippen LogP contribution in [0.25, 0.3) is 0 Å². The Hall–Kier alpha value is -0.790. The van der Waals surface area contributed by atoms with Gasteiger partial charge in [0.2, 0.25) is 0 Å². The first-order valence-electron chi connectivity index (χ1n) is 4.37. The molecule has 0 aliphatic rings. The van der Waals surface area contributed by atoms with E-state index in [0.29, 0.717) is 5.41 Å². The summed E-state index contributed by atoms with van der Waals surface area (Å²) in [6.07, 6.45) is 2.97. The lowest BCUT2D eigenvalue weighted by molar-refractivity contribution is 0.395. The number of aromatic nitrogens is 2. The van der Waals surface area contributed by atoms with Gasteiger partial charge in [0, 0.05) is 25.4 Å². The van der Waals surface area contributed by atoms with Gasteiger partial charge in [-0.25, -0.2) is 4.98 Å². The fraction of sp³-hybridized carbons (Fsp3) is 0.700. The molecule has 0 spiro atoms. The predicted molar refractivity (Wildman–Crippen MR) is 51.1 cm³/mol. The van der Waals surface area contributed by atoms with Crippen LogP contribution in [0.2, 0.25) is 0 Å². The number of nitrogens with zero attached hydrogens (tertiary/aromatic N) is 2. The molecule has 1 aromatic rings. The maximum atomic E-state index is 4.36. The van der Waals surface area contributed by atoms with E-state index in [4.69, 9.17) is 0 Å². The molecule has 0 amide bonds. The van der Waals surface area contributed by atoms with Crippen molar-refractivity contribution in [3.63, 3.8) is 0 Å². The summed E-state index contributed by atoms with van der Waals surface area (Å²) in [4.78, 5) is 4.36. The van der Waals surface area contributed by atoms with Gasteiger partial charge in [0.25, 0.3) is 0 Å². The van der Waals surface area contributed by atoms with Crippen LogP contribution in [-0.2, 0) is 13.5 Å². The van der Waals surface area contributed by atoms with Crippen molar-refractivity contribution in [2.45, 2.75) is 34.1 Å². The summed E-state index contributed by atoms with van der Waals surface area (Å²) in [6, 6.07) is 0. The maximum Gasteiger partial charge on any atom is 0.109 e. The molecule has 0 aliphatic heterocycles. The van der Waals surface area contributed by atoms with Crippen LogP contribution in [0.3, 0.4) is 0 Å². The summed E-state index contributed by atoms with van der Waals surface area (Å²) in [5.74, 6) is 1.18. The van der Waals surface area contributed by atoms with Crippen LogP contribution in [0, 0.1) is 12.3 Å². The summed E-state index contributed by atoms with van der Waals surface area (Å²) < 4.78 is 2.16. The van der Waals surface area contributed by atoms with E-state index in [1.54, 1.807) is 0 Å². The minimum atomic E-state index is 0.325. The minimum Gasteiger partial charge on any atom is -0.335 e. The number of hydrogen-bond acceptors (Lipinski definition) is 1. The molecule has 2 heteroatoms. The highest BCUT2D eigenvalue weighted by Crippen LogP contribution is 2.19. The summed E-state index contributed by atoms with van der Waals surface area (Å²) in [7, 11) is 2.07. The number of aryl methyl sites for hydroxylation is 1. The lowest BCUT2D eigenvalue weighted by Gasteiger charge is -2.17. The summed E-state index contributed by atoms with van der Waals surface area (Å²) in [5.41, 5.74) is 1.56. The summed E-state index contributed by atoms with van der Waals surface area (Å²) in [5, 5.41) is 0. The molecule has 0 unspecified atom stereocenters. The molecule has 68 valence electrons. The average molecular weight is 166 g/mol. The van der Waals surface area contributed by atoms with Gasteiger partial charge in [0.05, 0.1) is 0 Å². The number of imidazole rings is 1. The van der Waals surface area contributed by atoms with E-state index in [2.05, 4.69) is 44.3 Å². The first-order chi connectivity index (χ1) is 5.40. The van der Waals surface area contributed by atoms with Gasteiger partial charge in [-0.2, -0.15) is 0 Å². The van der Waals surface area contributed by atoms with E-state index in [1.165, 1.54) is 11.5 Å². The molecule has 0 bridgehead atoms. The third-order valence-corrected chi connectivity index (χ3v) is 2.01. The standard InChI is InChI=1S/C10H18N2/c1-8-7-11-9(12(8)5)6-10(2,3)4/h7H,6H2,1-5H3. The highest BCUT2D eigenvalue weighted by Gasteiger charge is 2.14. The zero-order valence-electron chi connectivity index (χ0n) is 8.68. The molecule has 12 heavy (non-hydrogen) atoms. The van der Waals surface area contributed by atoms with Gasteiger partial charge in [0.1, 0.15) is 5.82 Å². The molecule has 0 fully saturated rings. The van der Waals surface area contributed by atoms with Crippen LogP contribution in [0.5, 0.6) is 0 Å². The topological polar surface area (TPSA) is 17.8 Å². The number of rotatable bonds is 1. The van der Waals surface area contributed by atoms with Crippen LogP contribution in [0.15, 0.2) is 6.20 Å². The molecular formula is C10H18N2. The Bertz CT molecular complexity index is 266. The predicted octanol–water partition coefficient (Wildman–Crippen LogP) is 2.32. The lowest BCUT2D eigenvalue weighted by Crippen LogP contribution is -2.13. The van der Waals surface area contributed by atoms with Gasteiger partial charge in [0.15, 0.2) is 0 Å². The van der Waals surface area contributed by atoms with E-state index in [0.717, 1.165) is 6.42 Å². The lowest BCUT2D eigenvalue weighted by atomic mass is 9.92. The van der Waals surface area contributed by atoms with Crippen molar-refractivity contribution in [1.82, 2.24) is 9.55 Å². The second-order valence-electron chi connectivity index (χ2n) is 4.61. The SMILES string of the molecule is Cc1cnc(CC(C)(C)C)n1C. The highest BCUT2D eigenvalue weighted by molar-refractivity contribution is 5.03. The first kappa shape index (κ1) is 9.30. The molecule has 1 heterocycles. The van der Waals surface area contributed by atoms with Gasteiger partial charge >= 0.3 is 0 Å². The molecule has 0 saturated heterocycles.